The van der Waals surface area contributed by atoms with E-state index in [1.165, 1.54) is 0 Å². The Balaban J connectivity index is 3.37. The quantitative estimate of drug-likeness (QED) is 0.639. The Kier molecular flexibility index (Phi) is 2.64. The highest BCUT2D eigenvalue weighted by molar-refractivity contribution is 5.78. The van der Waals surface area contributed by atoms with E-state index in [4.69, 9.17) is 0 Å². The molecule has 1 aromatic carbocycles. The zero-order valence-corrected chi connectivity index (χ0v) is 7.77. The molecule has 14 heavy (non-hydrogen) atoms. The maximum absolute atomic E-state index is 12.3. The zero-order valence-electron chi connectivity index (χ0n) is 7.77. The van der Waals surface area contributed by atoms with Crippen LogP contribution in [-0.4, -0.2) is 6.29 Å². The molecule has 0 aliphatic carbocycles. The van der Waals surface area contributed by atoms with Crippen molar-refractivity contribution < 1.29 is 18.0 Å². The van der Waals surface area contributed by atoms with Crippen molar-refractivity contribution >= 4 is 6.29 Å². The molecule has 1 rings (SSSR count). The van der Waals surface area contributed by atoms with Gasteiger partial charge in [0.2, 0.25) is 0 Å². The normalized spacial score (nSPS) is 11.5. The van der Waals surface area contributed by atoms with E-state index in [0.717, 1.165) is 12.1 Å². The van der Waals surface area contributed by atoms with E-state index in [2.05, 4.69) is 0 Å². The standard InChI is InChI=1S/C10H9F3O/c1-6-3-9(10(11,12)13)4-8(5-14)7(6)2/h3-5H,1-2H3. The molecule has 76 valence electrons. The molecule has 0 aliphatic rings. The highest BCUT2D eigenvalue weighted by Gasteiger charge is 2.31. The monoisotopic (exact) mass is 202 g/mol. The lowest BCUT2D eigenvalue weighted by Gasteiger charge is -2.10. The van der Waals surface area contributed by atoms with Crippen LogP contribution in [0.5, 0.6) is 0 Å². The first-order valence-corrected chi connectivity index (χ1v) is 4.00. The molecule has 0 saturated heterocycles. The SMILES string of the molecule is Cc1cc(C(F)(F)F)cc(C=O)c1C. The Labute approximate surface area is 79.5 Å². The third-order valence-electron chi connectivity index (χ3n) is 2.16. The van der Waals surface area contributed by atoms with E-state index in [0.29, 0.717) is 17.4 Å². The first-order chi connectivity index (χ1) is 6.36. The summed E-state index contributed by atoms with van der Waals surface area (Å²) in [6.07, 6.45) is -3.95. The van der Waals surface area contributed by atoms with E-state index in [1.54, 1.807) is 13.8 Å². The van der Waals surface area contributed by atoms with Crippen LogP contribution in [0.15, 0.2) is 12.1 Å². The fourth-order valence-electron chi connectivity index (χ4n) is 1.17. The Morgan fingerprint density at radius 1 is 1.21 bits per heavy atom. The Bertz CT molecular complexity index is 366. The summed E-state index contributed by atoms with van der Waals surface area (Å²) in [6, 6.07) is 1.91. The van der Waals surface area contributed by atoms with Gasteiger partial charge in [0.05, 0.1) is 5.56 Å². The van der Waals surface area contributed by atoms with Crippen LogP contribution in [0.1, 0.15) is 27.0 Å². The molecule has 0 bridgehead atoms. The van der Waals surface area contributed by atoms with Crippen LogP contribution in [0.2, 0.25) is 0 Å². The van der Waals surface area contributed by atoms with Gasteiger partial charge in [-0.05, 0) is 37.1 Å². The molecule has 0 N–H and O–H groups in total. The molecule has 0 radical (unpaired) electrons. The number of benzene rings is 1. The number of rotatable bonds is 1. The van der Waals surface area contributed by atoms with Crippen LogP contribution < -0.4 is 0 Å². The molecule has 0 atom stereocenters. The summed E-state index contributed by atoms with van der Waals surface area (Å²) in [7, 11) is 0. The molecule has 0 fully saturated rings. The number of aldehydes is 1. The molecule has 0 saturated carbocycles. The minimum atomic E-state index is -4.39. The highest BCUT2D eigenvalue weighted by atomic mass is 19.4. The van der Waals surface area contributed by atoms with Crippen molar-refractivity contribution in [2.24, 2.45) is 0 Å². The van der Waals surface area contributed by atoms with Crippen molar-refractivity contribution in [3.8, 4) is 0 Å². The third kappa shape index (κ3) is 1.95. The van der Waals surface area contributed by atoms with Crippen molar-refractivity contribution in [3.05, 3.63) is 34.4 Å². The Hall–Kier alpha value is -1.32. The fourth-order valence-corrected chi connectivity index (χ4v) is 1.17. The van der Waals surface area contributed by atoms with Crippen LogP contribution in [0.4, 0.5) is 13.2 Å². The second-order valence-corrected chi connectivity index (χ2v) is 3.12. The van der Waals surface area contributed by atoms with Gasteiger partial charge in [-0.25, -0.2) is 0 Å². The number of carbonyl (C=O) groups is 1. The Morgan fingerprint density at radius 3 is 2.21 bits per heavy atom. The summed E-state index contributed by atoms with van der Waals surface area (Å²) in [5.74, 6) is 0. The molecule has 1 nitrogen and oxygen atoms in total. The second kappa shape index (κ2) is 3.44. The second-order valence-electron chi connectivity index (χ2n) is 3.12. The van der Waals surface area contributed by atoms with Gasteiger partial charge in [0.25, 0.3) is 0 Å². The molecule has 1 aromatic rings. The van der Waals surface area contributed by atoms with Gasteiger partial charge in [-0.3, -0.25) is 4.79 Å². The molecule has 0 aliphatic heterocycles. The van der Waals surface area contributed by atoms with Gasteiger partial charge < -0.3 is 0 Å². The molecule has 0 spiro atoms. The largest absolute Gasteiger partial charge is 0.416 e. The van der Waals surface area contributed by atoms with Crippen molar-refractivity contribution in [3.63, 3.8) is 0 Å². The topological polar surface area (TPSA) is 17.1 Å². The zero-order chi connectivity index (χ0) is 10.9. The first kappa shape index (κ1) is 10.8. The summed E-state index contributed by atoms with van der Waals surface area (Å²) in [5.41, 5.74) is 0.384. The minimum Gasteiger partial charge on any atom is -0.298 e. The van der Waals surface area contributed by atoms with Gasteiger partial charge in [-0.2, -0.15) is 13.2 Å². The fraction of sp³-hybridized carbons (Fsp3) is 0.300. The van der Waals surface area contributed by atoms with Crippen molar-refractivity contribution in [1.82, 2.24) is 0 Å². The smallest absolute Gasteiger partial charge is 0.298 e. The number of aryl methyl sites for hydroxylation is 1. The molecule has 0 aromatic heterocycles. The maximum Gasteiger partial charge on any atom is 0.416 e. The van der Waals surface area contributed by atoms with E-state index in [-0.39, 0.29) is 5.56 Å². The van der Waals surface area contributed by atoms with Crippen molar-refractivity contribution in [2.75, 3.05) is 0 Å². The lowest BCUT2D eigenvalue weighted by molar-refractivity contribution is -0.137. The predicted molar refractivity (Wildman–Crippen MR) is 46.3 cm³/mol. The minimum absolute atomic E-state index is 0.0947. The van der Waals surface area contributed by atoms with Crippen LogP contribution >= 0.6 is 0 Å². The van der Waals surface area contributed by atoms with E-state index >= 15 is 0 Å². The van der Waals surface area contributed by atoms with E-state index in [1.807, 2.05) is 0 Å². The van der Waals surface area contributed by atoms with Crippen LogP contribution in [0.25, 0.3) is 0 Å². The third-order valence-corrected chi connectivity index (χ3v) is 2.16. The van der Waals surface area contributed by atoms with Crippen LogP contribution in [0.3, 0.4) is 0 Å². The van der Waals surface area contributed by atoms with Gasteiger partial charge >= 0.3 is 6.18 Å². The highest BCUT2D eigenvalue weighted by Crippen LogP contribution is 2.31. The summed E-state index contributed by atoms with van der Waals surface area (Å²) in [6.45, 7) is 3.18. The lowest BCUT2D eigenvalue weighted by Crippen LogP contribution is -2.07. The number of alkyl halides is 3. The maximum atomic E-state index is 12.3. The number of hydrogen-bond acceptors (Lipinski definition) is 1. The molecule has 0 heterocycles. The number of carbonyl (C=O) groups excluding carboxylic acids is 1. The Morgan fingerprint density at radius 2 is 1.79 bits per heavy atom. The molecular formula is C10H9F3O. The molecular weight excluding hydrogens is 193 g/mol. The molecule has 4 heteroatoms. The van der Waals surface area contributed by atoms with Gasteiger partial charge in [0.1, 0.15) is 6.29 Å². The molecule has 0 unspecified atom stereocenters. The van der Waals surface area contributed by atoms with E-state index < -0.39 is 11.7 Å². The van der Waals surface area contributed by atoms with Crippen molar-refractivity contribution in [2.45, 2.75) is 20.0 Å². The van der Waals surface area contributed by atoms with Crippen molar-refractivity contribution in [1.29, 1.82) is 0 Å². The van der Waals surface area contributed by atoms with Gasteiger partial charge in [0, 0.05) is 5.56 Å². The molecule has 0 amide bonds. The van der Waals surface area contributed by atoms with E-state index in [9.17, 15) is 18.0 Å². The summed E-state index contributed by atoms with van der Waals surface area (Å²) >= 11 is 0. The summed E-state index contributed by atoms with van der Waals surface area (Å²) < 4.78 is 36.9. The lowest BCUT2D eigenvalue weighted by atomic mass is 10.0. The van der Waals surface area contributed by atoms with Crippen LogP contribution in [-0.2, 0) is 6.18 Å². The first-order valence-electron chi connectivity index (χ1n) is 4.00. The average molecular weight is 202 g/mol. The summed E-state index contributed by atoms with van der Waals surface area (Å²) in [5, 5.41) is 0. The van der Waals surface area contributed by atoms with Crippen LogP contribution in [0, 0.1) is 13.8 Å². The number of hydrogen-bond donors (Lipinski definition) is 0. The number of halogens is 3. The average Bonchev–Trinajstić information content (AvgIpc) is 2.07. The van der Waals surface area contributed by atoms with Gasteiger partial charge in [-0.15, -0.1) is 0 Å². The van der Waals surface area contributed by atoms with Gasteiger partial charge in [0.15, 0.2) is 0 Å². The predicted octanol–water partition coefficient (Wildman–Crippen LogP) is 3.13. The van der Waals surface area contributed by atoms with Gasteiger partial charge in [-0.1, -0.05) is 0 Å². The summed E-state index contributed by atoms with van der Waals surface area (Å²) in [4.78, 5) is 10.5.